The number of hydrogen-bond acceptors (Lipinski definition) is 5. The lowest BCUT2D eigenvalue weighted by atomic mass is 10.2. The Labute approximate surface area is 197 Å². The Kier molecular flexibility index (Phi) is 8.07. The molecule has 1 fully saturated rings. The third-order valence-corrected chi connectivity index (χ3v) is 6.36. The van der Waals surface area contributed by atoms with Crippen molar-refractivity contribution in [3.8, 4) is 0 Å². The molecular weight excluding hydrogens is 491 g/mol. The molecule has 1 aliphatic rings. The number of rotatable bonds is 5. The highest BCUT2D eigenvalue weighted by Gasteiger charge is 2.25. The van der Waals surface area contributed by atoms with Gasteiger partial charge in [-0.3, -0.25) is 14.6 Å². The Balaban J connectivity index is 0.00000272. The summed E-state index contributed by atoms with van der Waals surface area (Å²) >= 11 is 13.2. The highest BCUT2D eigenvalue weighted by molar-refractivity contribution is 7.22. The standard InChI is InChI=1S/C20H17Cl2F2N3O2S.ClH/c21-12-1-2-14(15(22)9-12)19(28)27(4-3-26-5-7-29-8-6-26)20-25-18-16(24)10-13(23)11-17(18)30-20;/h1-2,9-11H,3-8H2;1H. The summed E-state index contributed by atoms with van der Waals surface area (Å²) in [6.07, 6.45) is 0. The summed E-state index contributed by atoms with van der Waals surface area (Å²) in [6, 6.07) is 6.60. The summed E-state index contributed by atoms with van der Waals surface area (Å²) in [5, 5.41) is 0.898. The quantitative estimate of drug-likeness (QED) is 0.470. The Bertz CT molecular complexity index is 1090. The monoisotopic (exact) mass is 507 g/mol. The number of anilines is 1. The highest BCUT2D eigenvalue weighted by Crippen LogP contribution is 2.33. The summed E-state index contributed by atoms with van der Waals surface area (Å²) in [5.74, 6) is -1.84. The molecule has 1 saturated heterocycles. The van der Waals surface area contributed by atoms with Gasteiger partial charge < -0.3 is 4.74 Å². The number of morpholine rings is 1. The van der Waals surface area contributed by atoms with Gasteiger partial charge in [-0.2, -0.15) is 0 Å². The van der Waals surface area contributed by atoms with E-state index in [0.29, 0.717) is 36.0 Å². The van der Waals surface area contributed by atoms with Gasteiger partial charge in [-0.1, -0.05) is 34.5 Å². The fourth-order valence-electron chi connectivity index (χ4n) is 3.22. The molecule has 0 spiro atoms. The molecule has 0 unspecified atom stereocenters. The molecule has 0 aliphatic carbocycles. The Morgan fingerprint density at radius 2 is 1.94 bits per heavy atom. The number of nitrogens with zero attached hydrogens (tertiary/aromatic N) is 3. The zero-order valence-electron chi connectivity index (χ0n) is 16.1. The van der Waals surface area contributed by atoms with E-state index in [9.17, 15) is 13.6 Å². The van der Waals surface area contributed by atoms with Gasteiger partial charge >= 0.3 is 0 Å². The molecule has 2 aromatic carbocycles. The largest absolute Gasteiger partial charge is 0.379 e. The molecule has 2 heterocycles. The number of hydrogen-bond donors (Lipinski definition) is 0. The normalized spacial score (nSPS) is 14.5. The first kappa shape index (κ1) is 24.1. The van der Waals surface area contributed by atoms with Gasteiger partial charge in [0.05, 0.1) is 28.5 Å². The SMILES string of the molecule is Cl.O=C(c1ccc(Cl)cc1Cl)N(CCN1CCOCC1)c1nc2c(F)cc(F)cc2s1. The van der Waals surface area contributed by atoms with E-state index in [1.807, 2.05) is 0 Å². The number of aromatic nitrogens is 1. The molecule has 1 aromatic heterocycles. The van der Waals surface area contributed by atoms with Crippen LogP contribution in [0.15, 0.2) is 30.3 Å². The summed E-state index contributed by atoms with van der Waals surface area (Å²) in [7, 11) is 0. The third-order valence-electron chi connectivity index (χ3n) is 4.78. The smallest absolute Gasteiger partial charge is 0.261 e. The second-order valence-corrected chi connectivity index (χ2v) is 8.62. The van der Waals surface area contributed by atoms with Crippen molar-refractivity contribution in [3.05, 3.63) is 57.6 Å². The molecule has 0 atom stereocenters. The van der Waals surface area contributed by atoms with E-state index in [-0.39, 0.29) is 39.5 Å². The van der Waals surface area contributed by atoms with Crippen molar-refractivity contribution in [2.45, 2.75) is 0 Å². The second-order valence-electron chi connectivity index (χ2n) is 6.77. The molecule has 4 rings (SSSR count). The number of carbonyl (C=O) groups is 1. The van der Waals surface area contributed by atoms with Crippen molar-refractivity contribution >= 4 is 68.2 Å². The van der Waals surface area contributed by atoms with Crippen molar-refractivity contribution in [1.29, 1.82) is 0 Å². The van der Waals surface area contributed by atoms with Crippen LogP contribution in [0.2, 0.25) is 10.0 Å². The maximum Gasteiger partial charge on any atom is 0.261 e. The fourth-order valence-corrected chi connectivity index (χ4v) is 4.74. The van der Waals surface area contributed by atoms with E-state index in [2.05, 4.69) is 9.88 Å². The van der Waals surface area contributed by atoms with Crippen LogP contribution in [-0.2, 0) is 4.74 Å². The lowest BCUT2D eigenvalue weighted by molar-refractivity contribution is 0.0391. The predicted molar refractivity (Wildman–Crippen MR) is 122 cm³/mol. The van der Waals surface area contributed by atoms with Crippen LogP contribution >= 0.6 is 46.9 Å². The van der Waals surface area contributed by atoms with Crippen LogP contribution in [0.4, 0.5) is 13.9 Å². The minimum Gasteiger partial charge on any atom is -0.379 e. The van der Waals surface area contributed by atoms with E-state index in [0.717, 1.165) is 30.5 Å². The van der Waals surface area contributed by atoms with Crippen molar-refractivity contribution in [3.63, 3.8) is 0 Å². The summed E-state index contributed by atoms with van der Waals surface area (Å²) in [5.41, 5.74) is 0.289. The van der Waals surface area contributed by atoms with Gasteiger partial charge in [0.2, 0.25) is 0 Å². The highest BCUT2D eigenvalue weighted by atomic mass is 35.5. The first-order chi connectivity index (χ1) is 14.4. The molecule has 166 valence electrons. The second kappa shape index (κ2) is 10.4. The maximum absolute atomic E-state index is 14.2. The van der Waals surface area contributed by atoms with E-state index >= 15 is 0 Å². The molecule has 5 nitrogen and oxygen atoms in total. The molecule has 3 aromatic rings. The van der Waals surface area contributed by atoms with Crippen molar-refractivity contribution in [1.82, 2.24) is 9.88 Å². The van der Waals surface area contributed by atoms with Crippen LogP contribution < -0.4 is 4.90 Å². The van der Waals surface area contributed by atoms with Crippen LogP contribution in [0.3, 0.4) is 0 Å². The van der Waals surface area contributed by atoms with Crippen LogP contribution in [0.25, 0.3) is 10.2 Å². The molecule has 1 aliphatic heterocycles. The number of thiazole rings is 1. The van der Waals surface area contributed by atoms with Gasteiger partial charge in [0, 0.05) is 37.3 Å². The number of halogens is 5. The van der Waals surface area contributed by atoms with Crippen molar-refractivity contribution in [2.75, 3.05) is 44.3 Å². The Morgan fingerprint density at radius 3 is 2.65 bits per heavy atom. The molecular formula is C20H18Cl3F2N3O2S. The van der Waals surface area contributed by atoms with Gasteiger partial charge in [0.25, 0.3) is 5.91 Å². The van der Waals surface area contributed by atoms with Gasteiger partial charge in [-0.25, -0.2) is 13.8 Å². The first-order valence-electron chi connectivity index (χ1n) is 9.25. The average Bonchev–Trinajstić information content (AvgIpc) is 3.13. The average molecular weight is 509 g/mol. The topological polar surface area (TPSA) is 45.7 Å². The summed E-state index contributed by atoms with van der Waals surface area (Å²) < 4.78 is 33.5. The number of carbonyl (C=O) groups excluding carboxylic acids is 1. The van der Waals surface area contributed by atoms with E-state index < -0.39 is 11.6 Å². The van der Waals surface area contributed by atoms with Crippen LogP contribution in [0.5, 0.6) is 0 Å². The molecule has 0 bridgehead atoms. The van der Waals surface area contributed by atoms with Gasteiger partial charge in [0.1, 0.15) is 11.3 Å². The fraction of sp³-hybridized carbons (Fsp3) is 0.300. The number of fused-ring (bicyclic) bond motifs is 1. The Morgan fingerprint density at radius 1 is 1.19 bits per heavy atom. The number of ether oxygens (including phenoxy) is 1. The third kappa shape index (κ3) is 5.45. The van der Waals surface area contributed by atoms with Crippen molar-refractivity contribution < 1.29 is 18.3 Å². The van der Waals surface area contributed by atoms with Gasteiger partial charge in [-0.05, 0) is 24.3 Å². The van der Waals surface area contributed by atoms with Gasteiger partial charge in [-0.15, -0.1) is 12.4 Å². The zero-order chi connectivity index (χ0) is 21.3. The molecule has 0 N–H and O–H groups in total. The van der Waals surface area contributed by atoms with Crippen LogP contribution in [0.1, 0.15) is 10.4 Å². The lowest BCUT2D eigenvalue weighted by Gasteiger charge is -2.29. The number of benzene rings is 2. The summed E-state index contributed by atoms with van der Waals surface area (Å²) in [6.45, 7) is 3.65. The summed E-state index contributed by atoms with van der Waals surface area (Å²) in [4.78, 5) is 21.2. The molecule has 31 heavy (non-hydrogen) atoms. The predicted octanol–water partition coefficient (Wildman–Crippen LogP) is 5.28. The van der Waals surface area contributed by atoms with E-state index in [4.69, 9.17) is 27.9 Å². The van der Waals surface area contributed by atoms with Crippen LogP contribution in [0, 0.1) is 11.6 Å². The van der Waals surface area contributed by atoms with Gasteiger partial charge in [0.15, 0.2) is 10.9 Å². The van der Waals surface area contributed by atoms with E-state index in [1.54, 1.807) is 12.1 Å². The lowest BCUT2D eigenvalue weighted by Crippen LogP contribution is -2.43. The molecule has 11 heteroatoms. The van der Waals surface area contributed by atoms with Crippen LogP contribution in [-0.4, -0.2) is 55.2 Å². The molecule has 0 radical (unpaired) electrons. The van der Waals surface area contributed by atoms with E-state index in [1.165, 1.54) is 17.0 Å². The molecule has 1 amide bonds. The van der Waals surface area contributed by atoms with Crippen molar-refractivity contribution in [2.24, 2.45) is 0 Å². The minimum absolute atomic E-state index is 0. The molecule has 0 saturated carbocycles. The zero-order valence-corrected chi connectivity index (χ0v) is 19.3. The minimum atomic E-state index is -0.766. The number of amides is 1. The first-order valence-corrected chi connectivity index (χ1v) is 10.8. The maximum atomic E-state index is 14.2. The Hall–Kier alpha value is -1.55.